The van der Waals surface area contributed by atoms with Crippen molar-refractivity contribution in [1.82, 2.24) is 0 Å². The van der Waals surface area contributed by atoms with Crippen LogP contribution < -0.4 is 10.1 Å². The highest BCUT2D eigenvalue weighted by Gasteiger charge is 2.05. The van der Waals surface area contributed by atoms with E-state index in [0.29, 0.717) is 29.5 Å². The number of benzene rings is 2. The molecular weight excluding hydrogens is 298 g/mol. The average Bonchev–Trinajstić information content (AvgIpc) is 2.48. The van der Waals surface area contributed by atoms with Gasteiger partial charge in [0.05, 0.1) is 6.42 Å². The van der Waals surface area contributed by atoms with Crippen molar-refractivity contribution >= 4 is 23.2 Å². The molecule has 2 rings (SSSR count). The minimum absolute atomic E-state index is 0.0839. The molecule has 0 radical (unpaired) electrons. The third-order valence-corrected chi connectivity index (χ3v) is 3.13. The number of anilines is 1. The number of ether oxygens (including phenoxy) is 1. The molecule has 0 saturated heterocycles. The van der Waals surface area contributed by atoms with Crippen molar-refractivity contribution in [2.75, 3.05) is 11.9 Å². The van der Waals surface area contributed by atoms with Gasteiger partial charge < -0.3 is 10.1 Å². The Hall–Kier alpha value is -2.26. The SMILES string of the molecule is C=C(C)COc1cccc(NC(=O)Cc2ccc(Cl)cc2)c1. The smallest absolute Gasteiger partial charge is 0.228 e. The predicted octanol–water partition coefficient (Wildman–Crippen LogP) is 4.48. The van der Waals surface area contributed by atoms with E-state index in [4.69, 9.17) is 16.3 Å². The maximum atomic E-state index is 12.0. The Morgan fingerprint density at radius 3 is 2.64 bits per heavy atom. The van der Waals surface area contributed by atoms with Gasteiger partial charge >= 0.3 is 0 Å². The predicted molar refractivity (Wildman–Crippen MR) is 90.5 cm³/mol. The third-order valence-electron chi connectivity index (χ3n) is 2.88. The summed E-state index contributed by atoms with van der Waals surface area (Å²) in [6.45, 7) is 6.15. The maximum Gasteiger partial charge on any atom is 0.228 e. The van der Waals surface area contributed by atoms with Crippen LogP contribution in [0, 0.1) is 0 Å². The lowest BCUT2D eigenvalue weighted by molar-refractivity contribution is -0.115. The van der Waals surface area contributed by atoms with Crippen LogP contribution in [0.15, 0.2) is 60.7 Å². The van der Waals surface area contributed by atoms with Crippen LogP contribution in [-0.4, -0.2) is 12.5 Å². The number of carbonyl (C=O) groups excluding carboxylic acids is 1. The zero-order valence-corrected chi connectivity index (χ0v) is 13.2. The molecule has 0 aliphatic carbocycles. The summed E-state index contributed by atoms with van der Waals surface area (Å²) in [5, 5.41) is 3.52. The van der Waals surface area contributed by atoms with Gasteiger partial charge in [-0.05, 0) is 42.3 Å². The molecule has 0 saturated carbocycles. The first kappa shape index (κ1) is 16.1. The van der Waals surface area contributed by atoms with E-state index in [1.54, 1.807) is 18.2 Å². The Morgan fingerprint density at radius 2 is 1.95 bits per heavy atom. The molecule has 22 heavy (non-hydrogen) atoms. The van der Waals surface area contributed by atoms with E-state index in [-0.39, 0.29) is 5.91 Å². The molecule has 0 aliphatic heterocycles. The minimum atomic E-state index is -0.0839. The van der Waals surface area contributed by atoms with Crippen LogP contribution >= 0.6 is 11.6 Å². The lowest BCUT2D eigenvalue weighted by Gasteiger charge is -2.09. The molecule has 114 valence electrons. The summed E-state index contributed by atoms with van der Waals surface area (Å²) in [4.78, 5) is 12.0. The molecule has 0 atom stereocenters. The summed E-state index contributed by atoms with van der Waals surface area (Å²) in [6, 6.07) is 14.5. The van der Waals surface area contributed by atoms with E-state index in [1.807, 2.05) is 37.3 Å². The molecule has 0 aromatic heterocycles. The van der Waals surface area contributed by atoms with Crippen LogP contribution in [-0.2, 0) is 11.2 Å². The molecule has 0 fully saturated rings. The first-order valence-corrected chi connectivity index (χ1v) is 7.32. The highest BCUT2D eigenvalue weighted by atomic mass is 35.5. The maximum absolute atomic E-state index is 12.0. The Bertz CT molecular complexity index is 665. The second kappa shape index (κ2) is 7.66. The molecule has 0 bridgehead atoms. The van der Waals surface area contributed by atoms with Gasteiger partial charge in [0, 0.05) is 16.8 Å². The Kier molecular flexibility index (Phi) is 5.61. The van der Waals surface area contributed by atoms with Gasteiger partial charge in [-0.25, -0.2) is 0 Å². The van der Waals surface area contributed by atoms with Crippen molar-refractivity contribution < 1.29 is 9.53 Å². The van der Waals surface area contributed by atoms with E-state index < -0.39 is 0 Å². The van der Waals surface area contributed by atoms with Crippen LogP contribution in [0.1, 0.15) is 12.5 Å². The summed E-state index contributed by atoms with van der Waals surface area (Å²) < 4.78 is 5.56. The summed E-state index contributed by atoms with van der Waals surface area (Å²) in [7, 11) is 0. The molecule has 1 amide bonds. The van der Waals surface area contributed by atoms with Gasteiger partial charge in [-0.15, -0.1) is 0 Å². The highest BCUT2D eigenvalue weighted by molar-refractivity contribution is 6.30. The van der Waals surface area contributed by atoms with Crippen LogP contribution in [0.3, 0.4) is 0 Å². The van der Waals surface area contributed by atoms with Gasteiger partial charge in [0.25, 0.3) is 0 Å². The first-order valence-electron chi connectivity index (χ1n) is 6.94. The third kappa shape index (κ3) is 5.26. The zero-order valence-electron chi connectivity index (χ0n) is 12.4. The van der Waals surface area contributed by atoms with Crippen LogP contribution in [0.5, 0.6) is 5.75 Å². The van der Waals surface area contributed by atoms with Crippen molar-refractivity contribution in [2.45, 2.75) is 13.3 Å². The molecule has 4 heteroatoms. The zero-order chi connectivity index (χ0) is 15.9. The van der Waals surface area contributed by atoms with Gasteiger partial charge in [-0.3, -0.25) is 4.79 Å². The van der Waals surface area contributed by atoms with Crippen LogP contribution in [0.25, 0.3) is 0 Å². The van der Waals surface area contributed by atoms with E-state index >= 15 is 0 Å². The van der Waals surface area contributed by atoms with E-state index in [0.717, 1.165) is 11.1 Å². The van der Waals surface area contributed by atoms with Crippen LogP contribution in [0.2, 0.25) is 5.02 Å². The Morgan fingerprint density at radius 1 is 1.23 bits per heavy atom. The molecule has 2 aromatic carbocycles. The summed E-state index contributed by atoms with van der Waals surface area (Å²) in [5.74, 6) is 0.617. The first-order chi connectivity index (χ1) is 10.5. The topological polar surface area (TPSA) is 38.3 Å². The van der Waals surface area contributed by atoms with Crippen molar-refractivity contribution in [2.24, 2.45) is 0 Å². The largest absolute Gasteiger partial charge is 0.489 e. The average molecular weight is 316 g/mol. The van der Waals surface area contributed by atoms with Crippen molar-refractivity contribution in [1.29, 1.82) is 0 Å². The second-order valence-corrected chi connectivity index (χ2v) is 5.56. The molecule has 3 nitrogen and oxygen atoms in total. The van der Waals surface area contributed by atoms with E-state index in [2.05, 4.69) is 11.9 Å². The molecule has 1 N–H and O–H groups in total. The summed E-state index contributed by atoms with van der Waals surface area (Å²) >= 11 is 5.83. The second-order valence-electron chi connectivity index (χ2n) is 5.13. The summed E-state index contributed by atoms with van der Waals surface area (Å²) in [6.07, 6.45) is 0.300. The molecule has 0 unspecified atom stereocenters. The minimum Gasteiger partial charge on any atom is -0.489 e. The fourth-order valence-electron chi connectivity index (χ4n) is 1.86. The monoisotopic (exact) mass is 315 g/mol. The van der Waals surface area contributed by atoms with Gasteiger partial charge in [0.15, 0.2) is 0 Å². The van der Waals surface area contributed by atoms with Gasteiger partial charge in [-0.2, -0.15) is 0 Å². The number of amides is 1. The standard InChI is InChI=1S/C18H18ClNO2/c1-13(2)12-22-17-5-3-4-16(11-17)20-18(21)10-14-6-8-15(19)9-7-14/h3-9,11H,1,10,12H2,2H3,(H,20,21). The molecule has 2 aromatic rings. The fourth-order valence-corrected chi connectivity index (χ4v) is 1.99. The van der Waals surface area contributed by atoms with Gasteiger partial charge in [-0.1, -0.05) is 36.4 Å². The number of rotatable bonds is 6. The number of halogens is 1. The molecule has 0 heterocycles. The number of hydrogen-bond acceptors (Lipinski definition) is 2. The molecule has 0 spiro atoms. The number of carbonyl (C=O) groups is 1. The summed E-state index contributed by atoms with van der Waals surface area (Å²) in [5.41, 5.74) is 2.56. The highest BCUT2D eigenvalue weighted by Crippen LogP contribution is 2.18. The lowest BCUT2D eigenvalue weighted by atomic mass is 10.1. The van der Waals surface area contributed by atoms with Gasteiger partial charge in [0.2, 0.25) is 5.91 Å². The molecular formula is C18H18ClNO2. The van der Waals surface area contributed by atoms with Crippen molar-refractivity contribution in [3.63, 3.8) is 0 Å². The van der Waals surface area contributed by atoms with E-state index in [9.17, 15) is 4.79 Å². The van der Waals surface area contributed by atoms with Crippen molar-refractivity contribution in [3.05, 3.63) is 71.3 Å². The van der Waals surface area contributed by atoms with E-state index in [1.165, 1.54) is 0 Å². The van der Waals surface area contributed by atoms with Gasteiger partial charge in [0.1, 0.15) is 12.4 Å². The van der Waals surface area contributed by atoms with Crippen LogP contribution in [0.4, 0.5) is 5.69 Å². The fraction of sp³-hybridized carbons (Fsp3) is 0.167. The Balaban J connectivity index is 1.94. The molecule has 0 aliphatic rings. The van der Waals surface area contributed by atoms with Crippen molar-refractivity contribution in [3.8, 4) is 5.75 Å². The lowest BCUT2D eigenvalue weighted by Crippen LogP contribution is -2.14. The quantitative estimate of drug-likeness (QED) is 0.798. The Labute approximate surface area is 135 Å². The number of nitrogens with one attached hydrogen (secondary N) is 1. The normalized spacial score (nSPS) is 10.1. The number of hydrogen-bond donors (Lipinski definition) is 1.